The fourth-order valence-electron chi connectivity index (χ4n) is 9.70. The van der Waals surface area contributed by atoms with Gasteiger partial charge in [0.2, 0.25) is 0 Å². The predicted octanol–water partition coefficient (Wildman–Crippen LogP) is 14.7. The summed E-state index contributed by atoms with van der Waals surface area (Å²) in [7, 11) is 0. The van der Waals surface area contributed by atoms with Crippen LogP contribution in [0.2, 0.25) is 0 Å². The van der Waals surface area contributed by atoms with E-state index < -0.39 is 0 Å². The molecule has 0 N–H and O–H groups in total. The molecule has 2 aromatic heterocycles. The standard InChI is InChI=1S/C56H37N3O/c1-56(2)47-26-10-9-19-44(47)51-43(24-13-27-48(51)56)40-23-12-22-39-38-21-11-20-37(41(38)30-31-42(39)40)36-29-32-49-46(33-36)52-45(25-14-28-50(52)60-49)55-58-53(34-15-5-3-6-16-34)57-54(59-55)35-17-7-4-8-18-35/h3-33H,1-2H3. The Morgan fingerprint density at radius 2 is 0.900 bits per heavy atom. The fourth-order valence-corrected chi connectivity index (χ4v) is 9.70. The first-order valence-electron chi connectivity index (χ1n) is 20.5. The largest absolute Gasteiger partial charge is 0.456 e. The van der Waals surface area contributed by atoms with Crippen LogP contribution in [0, 0.1) is 0 Å². The van der Waals surface area contributed by atoms with Gasteiger partial charge in [0.05, 0.1) is 0 Å². The first-order chi connectivity index (χ1) is 29.5. The molecule has 0 saturated heterocycles. The summed E-state index contributed by atoms with van der Waals surface area (Å²) in [5.74, 6) is 1.85. The quantitative estimate of drug-likeness (QED) is 0.164. The van der Waals surface area contributed by atoms with Crippen LogP contribution in [-0.2, 0) is 5.41 Å². The Morgan fingerprint density at radius 3 is 1.63 bits per heavy atom. The number of hydrogen-bond acceptors (Lipinski definition) is 4. The minimum atomic E-state index is -0.0577. The van der Waals surface area contributed by atoms with Crippen LogP contribution in [0.25, 0.3) is 111 Å². The Hall–Kier alpha value is -7.69. The van der Waals surface area contributed by atoms with Gasteiger partial charge in [0.25, 0.3) is 0 Å². The van der Waals surface area contributed by atoms with Crippen LogP contribution in [0.1, 0.15) is 25.0 Å². The molecular weight excluding hydrogens is 731 g/mol. The zero-order chi connectivity index (χ0) is 40.0. The molecule has 0 saturated carbocycles. The van der Waals surface area contributed by atoms with Gasteiger partial charge in [-0.25, -0.2) is 15.0 Å². The van der Waals surface area contributed by atoms with Crippen molar-refractivity contribution in [2.24, 2.45) is 0 Å². The maximum atomic E-state index is 6.53. The molecule has 1 aliphatic rings. The summed E-state index contributed by atoms with van der Waals surface area (Å²) in [4.78, 5) is 15.1. The van der Waals surface area contributed by atoms with Crippen molar-refractivity contribution in [1.29, 1.82) is 0 Å². The van der Waals surface area contributed by atoms with Crippen molar-refractivity contribution in [3.8, 4) is 67.5 Å². The molecule has 0 atom stereocenters. The minimum Gasteiger partial charge on any atom is -0.456 e. The molecular formula is C56H37N3O. The van der Waals surface area contributed by atoms with E-state index >= 15 is 0 Å². The number of aromatic nitrogens is 3. The van der Waals surface area contributed by atoms with Gasteiger partial charge in [0, 0.05) is 32.9 Å². The highest BCUT2D eigenvalue weighted by Crippen LogP contribution is 2.53. The number of furan rings is 1. The zero-order valence-corrected chi connectivity index (χ0v) is 33.1. The normalized spacial score (nSPS) is 13.0. The Bertz CT molecular complexity index is 3450. The highest BCUT2D eigenvalue weighted by molar-refractivity contribution is 6.18. The maximum absolute atomic E-state index is 6.53. The minimum absolute atomic E-state index is 0.0577. The van der Waals surface area contributed by atoms with Crippen molar-refractivity contribution in [2.75, 3.05) is 0 Å². The fraction of sp³-hybridized carbons (Fsp3) is 0.0536. The molecule has 0 fully saturated rings. The van der Waals surface area contributed by atoms with Gasteiger partial charge in [-0.2, -0.15) is 0 Å². The Labute approximate surface area is 347 Å². The lowest BCUT2D eigenvalue weighted by molar-refractivity contribution is 0.660. The Balaban J connectivity index is 1.02. The van der Waals surface area contributed by atoms with Crippen LogP contribution in [0.5, 0.6) is 0 Å². The molecule has 0 aliphatic heterocycles. The number of fused-ring (bicyclic) bond motifs is 9. The van der Waals surface area contributed by atoms with Gasteiger partial charge in [-0.3, -0.25) is 0 Å². The smallest absolute Gasteiger partial charge is 0.164 e. The van der Waals surface area contributed by atoms with Crippen molar-refractivity contribution in [1.82, 2.24) is 15.0 Å². The van der Waals surface area contributed by atoms with E-state index in [0.29, 0.717) is 17.5 Å². The second kappa shape index (κ2) is 13.2. The van der Waals surface area contributed by atoms with Gasteiger partial charge in [-0.15, -0.1) is 0 Å². The zero-order valence-electron chi connectivity index (χ0n) is 33.1. The van der Waals surface area contributed by atoms with Crippen molar-refractivity contribution in [2.45, 2.75) is 19.3 Å². The van der Waals surface area contributed by atoms with Crippen LogP contribution < -0.4 is 0 Å². The van der Waals surface area contributed by atoms with Crippen LogP contribution in [0.15, 0.2) is 192 Å². The second-order valence-corrected chi connectivity index (χ2v) is 16.3. The van der Waals surface area contributed by atoms with Crippen molar-refractivity contribution < 1.29 is 4.42 Å². The van der Waals surface area contributed by atoms with E-state index in [2.05, 4.69) is 129 Å². The third-order valence-electron chi connectivity index (χ3n) is 12.6. The molecule has 0 radical (unpaired) electrons. The van der Waals surface area contributed by atoms with E-state index in [4.69, 9.17) is 19.4 Å². The lowest BCUT2D eigenvalue weighted by Gasteiger charge is -2.21. The number of nitrogens with zero attached hydrogens (tertiary/aromatic N) is 3. The molecule has 60 heavy (non-hydrogen) atoms. The van der Waals surface area contributed by atoms with Crippen LogP contribution in [0.3, 0.4) is 0 Å². The first kappa shape index (κ1) is 34.4. The Kier molecular flexibility index (Phi) is 7.54. The molecule has 4 heteroatoms. The second-order valence-electron chi connectivity index (χ2n) is 16.3. The number of benzene rings is 9. The lowest BCUT2D eigenvalue weighted by Crippen LogP contribution is -2.14. The topological polar surface area (TPSA) is 51.8 Å². The van der Waals surface area contributed by atoms with Crippen molar-refractivity contribution >= 4 is 43.5 Å². The predicted molar refractivity (Wildman–Crippen MR) is 247 cm³/mol. The molecule has 0 amide bonds. The SMILES string of the molecule is CC1(C)c2ccccc2-c2c(-c3cccc4c3ccc3c(-c5ccc6oc7cccc(-c8nc(-c9ccccc9)nc(-c9ccccc9)n8)c7c6c5)cccc34)cccc21. The molecule has 0 bridgehead atoms. The van der Waals surface area contributed by atoms with Gasteiger partial charge >= 0.3 is 0 Å². The monoisotopic (exact) mass is 767 g/mol. The van der Waals surface area contributed by atoms with E-state index in [0.717, 1.165) is 44.2 Å². The Morgan fingerprint density at radius 1 is 0.350 bits per heavy atom. The molecule has 0 unspecified atom stereocenters. The molecule has 2 heterocycles. The van der Waals surface area contributed by atoms with E-state index in [9.17, 15) is 0 Å². The molecule has 4 nitrogen and oxygen atoms in total. The third kappa shape index (κ3) is 5.20. The van der Waals surface area contributed by atoms with Crippen LogP contribution >= 0.6 is 0 Å². The van der Waals surface area contributed by atoms with Gasteiger partial charge < -0.3 is 4.42 Å². The van der Waals surface area contributed by atoms with Crippen molar-refractivity contribution in [3.05, 3.63) is 199 Å². The summed E-state index contributed by atoms with van der Waals surface area (Å²) >= 11 is 0. The van der Waals surface area contributed by atoms with Gasteiger partial charge in [-0.1, -0.05) is 184 Å². The average molecular weight is 768 g/mol. The number of rotatable bonds is 5. The third-order valence-corrected chi connectivity index (χ3v) is 12.6. The van der Waals surface area contributed by atoms with Crippen LogP contribution in [-0.4, -0.2) is 15.0 Å². The molecule has 11 aromatic rings. The highest BCUT2D eigenvalue weighted by atomic mass is 16.3. The summed E-state index contributed by atoms with van der Waals surface area (Å²) < 4.78 is 6.53. The van der Waals surface area contributed by atoms with Crippen molar-refractivity contribution in [3.63, 3.8) is 0 Å². The molecule has 12 rings (SSSR count). The molecule has 282 valence electrons. The van der Waals surface area contributed by atoms with Gasteiger partial charge in [0.1, 0.15) is 11.2 Å². The first-order valence-corrected chi connectivity index (χ1v) is 20.5. The van der Waals surface area contributed by atoms with E-state index in [-0.39, 0.29) is 5.41 Å². The lowest BCUT2D eigenvalue weighted by atomic mass is 9.81. The highest BCUT2D eigenvalue weighted by Gasteiger charge is 2.36. The number of hydrogen-bond donors (Lipinski definition) is 0. The maximum Gasteiger partial charge on any atom is 0.164 e. The summed E-state index contributed by atoms with van der Waals surface area (Å²) in [6.45, 7) is 4.70. The van der Waals surface area contributed by atoms with E-state index in [1.165, 1.54) is 60.5 Å². The van der Waals surface area contributed by atoms with Crippen LogP contribution in [0.4, 0.5) is 0 Å². The van der Waals surface area contributed by atoms with Gasteiger partial charge in [-0.05, 0) is 84.3 Å². The molecule has 1 aliphatic carbocycles. The summed E-state index contributed by atoms with van der Waals surface area (Å²) in [5.41, 5.74) is 14.6. The summed E-state index contributed by atoms with van der Waals surface area (Å²) in [5, 5.41) is 6.92. The van der Waals surface area contributed by atoms with E-state index in [1.807, 2.05) is 72.8 Å². The molecule has 0 spiro atoms. The summed E-state index contributed by atoms with van der Waals surface area (Å²) in [6.07, 6.45) is 0. The summed E-state index contributed by atoms with van der Waals surface area (Å²) in [6, 6.07) is 66.7. The molecule has 9 aromatic carbocycles. The van der Waals surface area contributed by atoms with E-state index in [1.54, 1.807) is 0 Å². The average Bonchev–Trinajstić information content (AvgIpc) is 3.80. The van der Waals surface area contributed by atoms with Gasteiger partial charge in [0.15, 0.2) is 17.5 Å².